The molecule has 0 aromatic heterocycles. The second-order valence-corrected chi connectivity index (χ2v) is 5.19. The van der Waals surface area contributed by atoms with Gasteiger partial charge in [-0.05, 0) is 28.0 Å². The van der Waals surface area contributed by atoms with Crippen LogP contribution in [0.15, 0.2) is 60.7 Å². The van der Waals surface area contributed by atoms with Gasteiger partial charge in [0.1, 0.15) is 5.82 Å². The maximum atomic E-state index is 13.7. The molecule has 3 rings (SSSR count). The van der Waals surface area contributed by atoms with Crippen LogP contribution in [-0.4, -0.2) is 0 Å². The van der Waals surface area contributed by atoms with Crippen molar-refractivity contribution in [2.45, 2.75) is 6.04 Å². The highest BCUT2D eigenvalue weighted by Gasteiger charge is 2.19. The zero-order chi connectivity index (χ0) is 14.8. The number of rotatable bonds is 3. The number of nitrogens with one attached hydrogen (secondary N) is 1. The molecule has 0 heterocycles. The Morgan fingerprint density at radius 3 is 2.38 bits per heavy atom. The molecule has 0 radical (unpaired) electrons. The first-order chi connectivity index (χ1) is 10.2. The molecule has 3 aromatic rings. The van der Waals surface area contributed by atoms with Gasteiger partial charge in [0.15, 0.2) is 0 Å². The van der Waals surface area contributed by atoms with E-state index >= 15 is 0 Å². The number of nitrogens with two attached hydrogens (primary N) is 1. The summed E-state index contributed by atoms with van der Waals surface area (Å²) in [6, 6.07) is 18.3. The van der Waals surface area contributed by atoms with Gasteiger partial charge in [0.25, 0.3) is 0 Å². The van der Waals surface area contributed by atoms with Gasteiger partial charge in [-0.25, -0.2) is 9.82 Å². The SMILES string of the molecule is NNC(c1cccc(F)c1Cl)c1cccc2ccccc12. The lowest BCUT2D eigenvalue weighted by Crippen LogP contribution is -2.29. The van der Waals surface area contributed by atoms with Gasteiger partial charge >= 0.3 is 0 Å². The van der Waals surface area contributed by atoms with Crippen molar-refractivity contribution in [2.75, 3.05) is 0 Å². The molecule has 0 fully saturated rings. The molecule has 1 unspecified atom stereocenters. The molecule has 1 atom stereocenters. The van der Waals surface area contributed by atoms with Crippen LogP contribution < -0.4 is 11.3 Å². The summed E-state index contributed by atoms with van der Waals surface area (Å²) in [5.74, 6) is 5.27. The van der Waals surface area contributed by atoms with Gasteiger partial charge < -0.3 is 0 Å². The molecule has 0 aliphatic rings. The van der Waals surface area contributed by atoms with E-state index in [9.17, 15) is 4.39 Å². The fourth-order valence-electron chi connectivity index (χ4n) is 2.59. The van der Waals surface area contributed by atoms with E-state index in [1.807, 2.05) is 42.5 Å². The minimum absolute atomic E-state index is 0.0911. The molecule has 2 nitrogen and oxygen atoms in total. The van der Waals surface area contributed by atoms with Crippen molar-refractivity contribution in [2.24, 2.45) is 5.84 Å². The monoisotopic (exact) mass is 300 g/mol. The molecule has 106 valence electrons. The third kappa shape index (κ3) is 2.51. The Bertz CT molecular complexity index is 783. The van der Waals surface area contributed by atoms with E-state index in [2.05, 4.69) is 5.43 Å². The molecule has 0 aliphatic heterocycles. The van der Waals surface area contributed by atoms with Crippen LogP contribution >= 0.6 is 11.6 Å². The predicted molar refractivity (Wildman–Crippen MR) is 84.5 cm³/mol. The molecule has 0 saturated heterocycles. The van der Waals surface area contributed by atoms with Gasteiger partial charge in [-0.3, -0.25) is 5.84 Å². The van der Waals surface area contributed by atoms with Crippen LogP contribution in [0.5, 0.6) is 0 Å². The molecule has 3 aromatic carbocycles. The van der Waals surface area contributed by atoms with Crippen LogP contribution in [0.2, 0.25) is 5.02 Å². The predicted octanol–water partition coefficient (Wildman–Crippen LogP) is 4.19. The van der Waals surface area contributed by atoms with Crippen molar-refractivity contribution in [3.8, 4) is 0 Å². The van der Waals surface area contributed by atoms with Crippen molar-refractivity contribution in [3.05, 3.63) is 82.6 Å². The molecule has 0 aliphatic carbocycles. The molecular weight excluding hydrogens is 287 g/mol. The Morgan fingerprint density at radius 2 is 1.57 bits per heavy atom. The minimum Gasteiger partial charge on any atom is -0.271 e. The van der Waals surface area contributed by atoms with Crippen LogP contribution in [0.25, 0.3) is 10.8 Å². The van der Waals surface area contributed by atoms with Crippen LogP contribution in [0.1, 0.15) is 17.2 Å². The highest BCUT2D eigenvalue weighted by Crippen LogP contribution is 2.33. The van der Waals surface area contributed by atoms with Crippen molar-refractivity contribution in [1.82, 2.24) is 5.43 Å². The lowest BCUT2D eigenvalue weighted by molar-refractivity contribution is 0.607. The number of hydrazine groups is 1. The summed E-state index contributed by atoms with van der Waals surface area (Å²) >= 11 is 6.10. The lowest BCUT2D eigenvalue weighted by Gasteiger charge is -2.20. The van der Waals surface area contributed by atoms with E-state index in [1.165, 1.54) is 6.07 Å². The maximum Gasteiger partial charge on any atom is 0.142 e. The first-order valence-corrected chi connectivity index (χ1v) is 6.98. The molecule has 0 spiro atoms. The van der Waals surface area contributed by atoms with Crippen molar-refractivity contribution in [1.29, 1.82) is 0 Å². The van der Waals surface area contributed by atoms with Gasteiger partial charge in [0.2, 0.25) is 0 Å². The van der Waals surface area contributed by atoms with Gasteiger partial charge in [-0.15, -0.1) is 0 Å². The number of halogens is 2. The average Bonchev–Trinajstić information content (AvgIpc) is 2.52. The zero-order valence-corrected chi connectivity index (χ0v) is 11.9. The largest absolute Gasteiger partial charge is 0.271 e. The third-order valence-electron chi connectivity index (χ3n) is 3.59. The Balaban J connectivity index is 2.21. The average molecular weight is 301 g/mol. The summed E-state index contributed by atoms with van der Waals surface area (Å²) < 4.78 is 13.7. The highest BCUT2D eigenvalue weighted by molar-refractivity contribution is 6.31. The molecule has 0 saturated carbocycles. The van der Waals surface area contributed by atoms with Crippen LogP contribution in [0.4, 0.5) is 4.39 Å². The first-order valence-electron chi connectivity index (χ1n) is 6.60. The Labute approximate surface area is 127 Å². The summed E-state index contributed by atoms with van der Waals surface area (Å²) in [5, 5.41) is 2.25. The van der Waals surface area contributed by atoms with E-state index in [-0.39, 0.29) is 11.1 Å². The number of benzene rings is 3. The molecule has 4 heteroatoms. The van der Waals surface area contributed by atoms with Crippen LogP contribution in [0.3, 0.4) is 0 Å². The second-order valence-electron chi connectivity index (χ2n) is 4.81. The minimum atomic E-state index is -0.449. The number of hydrogen-bond donors (Lipinski definition) is 2. The topological polar surface area (TPSA) is 38.0 Å². The van der Waals surface area contributed by atoms with Crippen molar-refractivity contribution < 1.29 is 4.39 Å². The molecule has 0 bridgehead atoms. The van der Waals surface area contributed by atoms with E-state index in [1.54, 1.807) is 12.1 Å². The standard InChI is InChI=1S/C17H14ClFN2/c18-16-14(9-4-10-15(16)19)17(21-20)13-8-3-6-11-5-1-2-7-12(11)13/h1-10,17,21H,20H2. The van der Waals surface area contributed by atoms with E-state index in [4.69, 9.17) is 17.4 Å². The first kappa shape index (κ1) is 14.0. The Kier molecular flexibility index (Phi) is 3.88. The zero-order valence-electron chi connectivity index (χ0n) is 11.2. The van der Waals surface area contributed by atoms with Gasteiger partial charge in [-0.1, -0.05) is 66.2 Å². The second kappa shape index (κ2) is 5.82. The molecule has 21 heavy (non-hydrogen) atoms. The molecule has 0 amide bonds. The lowest BCUT2D eigenvalue weighted by atomic mass is 9.94. The van der Waals surface area contributed by atoms with E-state index < -0.39 is 5.82 Å². The normalized spacial score (nSPS) is 12.5. The van der Waals surface area contributed by atoms with Crippen LogP contribution in [0, 0.1) is 5.82 Å². The Morgan fingerprint density at radius 1 is 0.905 bits per heavy atom. The number of hydrogen-bond acceptors (Lipinski definition) is 2. The quantitative estimate of drug-likeness (QED) is 0.562. The fraction of sp³-hybridized carbons (Fsp3) is 0.0588. The summed E-state index contributed by atoms with van der Waals surface area (Å²) in [6.07, 6.45) is 0. The summed E-state index contributed by atoms with van der Waals surface area (Å²) in [7, 11) is 0. The van der Waals surface area contributed by atoms with Gasteiger partial charge in [-0.2, -0.15) is 0 Å². The smallest absolute Gasteiger partial charge is 0.142 e. The fourth-order valence-corrected chi connectivity index (χ4v) is 2.83. The Hall–Kier alpha value is -1.94. The van der Waals surface area contributed by atoms with E-state index in [0.717, 1.165) is 16.3 Å². The molecular formula is C17H14ClFN2. The van der Waals surface area contributed by atoms with E-state index in [0.29, 0.717) is 5.56 Å². The number of fused-ring (bicyclic) bond motifs is 1. The highest BCUT2D eigenvalue weighted by atomic mass is 35.5. The maximum absolute atomic E-state index is 13.7. The van der Waals surface area contributed by atoms with Crippen molar-refractivity contribution in [3.63, 3.8) is 0 Å². The van der Waals surface area contributed by atoms with Crippen LogP contribution in [-0.2, 0) is 0 Å². The summed E-state index contributed by atoms with van der Waals surface area (Å²) in [5.41, 5.74) is 4.33. The summed E-state index contributed by atoms with van der Waals surface area (Å²) in [6.45, 7) is 0. The summed E-state index contributed by atoms with van der Waals surface area (Å²) in [4.78, 5) is 0. The molecule has 3 N–H and O–H groups in total. The van der Waals surface area contributed by atoms with Gasteiger partial charge in [0, 0.05) is 0 Å². The van der Waals surface area contributed by atoms with Crippen molar-refractivity contribution >= 4 is 22.4 Å². The third-order valence-corrected chi connectivity index (χ3v) is 3.99. The van der Waals surface area contributed by atoms with Gasteiger partial charge in [0.05, 0.1) is 11.1 Å².